The van der Waals surface area contributed by atoms with Gasteiger partial charge in [0.2, 0.25) is 6.08 Å². The van der Waals surface area contributed by atoms with E-state index in [0.717, 1.165) is 5.56 Å². The van der Waals surface area contributed by atoms with Crippen LogP contribution < -0.4 is 0 Å². The lowest BCUT2D eigenvalue weighted by atomic mass is 10.2. The Hall–Kier alpha value is -0.700. The van der Waals surface area contributed by atoms with E-state index in [1.807, 2.05) is 24.6 Å². The minimum atomic E-state index is 0.425. The average molecular weight is 225 g/mol. The molecule has 1 rings (SSSR count). The van der Waals surface area contributed by atoms with Crippen molar-refractivity contribution in [2.24, 2.45) is 4.99 Å². The van der Waals surface area contributed by atoms with Gasteiger partial charge in [0.1, 0.15) is 0 Å². The number of thioether (sulfide) groups is 2. The summed E-state index contributed by atoms with van der Waals surface area (Å²) in [7, 11) is 0. The van der Waals surface area contributed by atoms with Crippen LogP contribution in [0.1, 0.15) is 5.56 Å². The second kappa shape index (κ2) is 5.91. The van der Waals surface area contributed by atoms with Crippen LogP contribution in [0.2, 0.25) is 0 Å². The molecular weight excluding hydrogens is 214 g/mol. The summed E-state index contributed by atoms with van der Waals surface area (Å²) in [5, 5.41) is 0. The first kappa shape index (κ1) is 11.4. The zero-order valence-corrected chi connectivity index (χ0v) is 9.74. The highest BCUT2D eigenvalue weighted by atomic mass is 32.2. The molecule has 14 heavy (non-hydrogen) atoms. The van der Waals surface area contributed by atoms with Gasteiger partial charge in [0.05, 0.1) is 6.54 Å². The number of rotatable bonds is 4. The van der Waals surface area contributed by atoms with Gasteiger partial charge in [-0.05, 0) is 30.2 Å². The summed E-state index contributed by atoms with van der Waals surface area (Å²) in [6.07, 6.45) is 5.62. The number of benzene rings is 1. The zero-order chi connectivity index (χ0) is 10.4. The molecular formula is C10H11NOS2. The maximum Gasteiger partial charge on any atom is 0.235 e. The van der Waals surface area contributed by atoms with Gasteiger partial charge in [0.15, 0.2) is 0 Å². The van der Waals surface area contributed by atoms with E-state index >= 15 is 0 Å². The van der Waals surface area contributed by atoms with Crippen molar-refractivity contribution in [1.82, 2.24) is 0 Å². The lowest BCUT2D eigenvalue weighted by molar-refractivity contribution is 0.562. The number of carbonyl (C=O) groups excluding carboxylic acids is 1. The van der Waals surface area contributed by atoms with E-state index in [1.54, 1.807) is 29.6 Å². The standard InChI is InChI=1S/C10H11NOS2/c1-13-9-4-3-8(6-11-7-12)10(5-9)14-2/h3-5H,6H2,1-2H3. The third-order valence-electron chi connectivity index (χ3n) is 1.81. The first-order valence-electron chi connectivity index (χ1n) is 4.06. The van der Waals surface area contributed by atoms with E-state index in [4.69, 9.17) is 0 Å². The molecule has 0 aliphatic rings. The number of isocyanates is 1. The Morgan fingerprint density at radius 1 is 1.36 bits per heavy atom. The van der Waals surface area contributed by atoms with Crippen LogP contribution in [-0.2, 0) is 11.3 Å². The highest BCUT2D eigenvalue weighted by Gasteiger charge is 2.01. The average Bonchev–Trinajstić information content (AvgIpc) is 2.26. The molecule has 0 spiro atoms. The molecule has 0 saturated carbocycles. The lowest BCUT2D eigenvalue weighted by Gasteiger charge is -2.05. The minimum Gasteiger partial charge on any atom is -0.211 e. The molecule has 0 radical (unpaired) electrons. The maximum absolute atomic E-state index is 10.00. The molecule has 0 bridgehead atoms. The molecule has 0 unspecified atom stereocenters. The van der Waals surface area contributed by atoms with Crippen LogP contribution in [-0.4, -0.2) is 18.6 Å². The molecule has 0 amide bonds. The topological polar surface area (TPSA) is 29.4 Å². The molecule has 0 saturated heterocycles. The fourth-order valence-electron chi connectivity index (χ4n) is 1.10. The summed E-state index contributed by atoms with van der Waals surface area (Å²) >= 11 is 3.38. The van der Waals surface area contributed by atoms with Gasteiger partial charge >= 0.3 is 0 Å². The van der Waals surface area contributed by atoms with Gasteiger partial charge < -0.3 is 0 Å². The van der Waals surface area contributed by atoms with Crippen molar-refractivity contribution in [3.05, 3.63) is 23.8 Å². The second-order valence-electron chi connectivity index (χ2n) is 2.59. The van der Waals surface area contributed by atoms with Crippen LogP contribution in [0.5, 0.6) is 0 Å². The molecule has 0 aliphatic carbocycles. The summed E-state index contributed by atoms with van der Waals surface area (Å²) in [5.74, 6) is 0. The normalized spacial score (nSPS) is 9.57. The van der Waals surface area contributed by atoms with E-state index in [-0.39, 0.29) is 0 Å². The lowest BCUT2D eigenvalue weighted by Crippen LogP contribution is -1.86. The summed E-state index contributed by atoms with van der Waals surface area (Å²) in [6.45, 7) is 0.425. The number of aliphatic imine (C=N–C) groups is 1. The van der Waals surface area contributed by atoms with Gasteiger partial charge in [0, 0.05) is 9.79 Å². The van der Waals surface area contributed by atoms with Crippen molar-refractivity contribution in [2.75, 3.05) is 12.5 Å². The van der Waals surface area contributed by atoms with Crippen molar-refractivity contribution < 1.29 is 4.79 Å². The van der Waals surface area contributed by atoms with Crippen molar-refractivity contribution in [3.63, 3.8) is 0 Å². The Morgan fingerprint density at radius 2 is 2.14 bits per heavy atom. The Morgan fingerprint density at radius 3 is 2.71 bits per heavy atom. The molecule has 1 aromatic rings. The molecule has 0 heterocycles. The highest BCUT2D eigenvalue weighted by molar-refractivity contribution is 7.99. The van der Waals surface area contributed by atoms with Gasteiger partial charge in [-0.3, -0.25) is 0 Å². The zero-order valence-electron chi connectivity index (χ0n) is 8.11. The van der Waals surface area contributed by atoms with Gasteiger partial charge in [-0.2, -0.15) is 0 Å². The first-order chi connectivity index (χ1) is 6.81. The monoisotopic (exact) mass is 225 g/mol. The van der Waals surface area contributed by atoms with Crippen molar-refractivity contribution in [2.45, 2.75) is 16.3 Å². The molecule has 0 N–H and O–H groups in total. The number of hydrogen-bond acceptors (Lipinski definition) is 4. The molecule has 0 atom stereocenters. The molecule has 1 aromatic carbocycles. The Kier molecular flexibility index (Phi) is 4.80. The maximum atomic E-state index is 10.00. The van der Waals surface area contributed by atoms with Crippen LogP contribution in [0.15, 0.2) is 33.0 Å². The minimum absolute atomic E-state index is 0.425. The number of hydrogen-bond donors (Lipinski definition) is 0. The predicted molar refractivity (Wildman–Crippen MR) is 61.8 cm³/mol. The van der Waals surface area contributed by atoms with Crippen molar-refractivity contribution >= 4 is 29.6 Å². The molecule has 0 aromatic heterocycles. The first-order valence-corrected chi connectivity index (χ1v) is 6.51. The van der Waals surface area contributed by atoms with E-state index in [9.17, 15) is 4.79 Å². The largest absolute Gasteiger partial charge is 0.235 e. The van der Waals surface area contributed by atoms with E-state index in [1.165, 1.54) is 9.79 Å². The molecule has 0 fully saturated rings. The third-order valence-corrected chi connectivity index (χ3v) is 3.35. The van der Waals surface area contributed by atoms with Crippen molar-refractivity contribution in [1.29, 1.82) is 0 Å². The number of nitrogens with zero attached hydrogens (tertiary/aromatic N) is 1. The van der Waals surface area contributed by atoms with Gasteiger partial charge in [-0.15, -0.1) is 23.5 Å². The third kappa shape index (κ3) is 2.91. The van der Waals surface area contributed by atoms with E-state index in [2.05, 4.69) is 11.1 Å². The van der Waals surface area contributed by atoms with E-state index in [0.29, 0.717) is 6.54 Å². The van der Waals surface area contributed by atoms with Crippen LogP contribution >= 0.6 is 23.5 Å². The fraction of sp³-hybridized carbons (Fsp3) is 0.300. The predicted octanol–water partition coefficient (Wildman–Crippen LogP) is 2.97. The summed E-state index contributed by atoms with van der Waals surface area (Å²) in [6, 6.07) is 6.17. The van der Waals surface area contributed by atoms with Crippen LogP contribution in [0.4, 0.5) is 0 Å². The molecule has 74 valence electrons. The summed E-state index contributed by atoms with van der Waals surface area (Å²) < 4.78 is 0. The smallest absolute Gasteiger partial charge is 0.211 e. The van der Waals surface area contributed by atoms with Crippen molar-refractivity contribution in [3.8, 4) is 0 Å². The molecule has 4 heteroatoms. The Labute approximate surface area is 92.2 Å². The Bertz CT molecular complexity index is 359. The van der Waals surface area contributed by atoms with Crippen LogP contribution in [0, 0.1) is 0 Å². The molecule has 2 nitrogen and oxygen atoms in total. The Balaban J connectivity index is 2.98. The van der Waals surface area contributed by atoms with Gasteiger partial charge in [-0.25, -0.2) is 9.79 Å². The second-order valence-corrected chi connectivity index (χ2v) is 4.31. The van der Waals surface area contributed by atoms with Gasteiger partial charge in [-0.1, -0.05) is 6.07 Å². The SMILES string of the molecule is CSc1ccc(CN=C=O)c(SC)c1. The molecule has 0 aliphatic heterocycles. The van der Waals surface area contributed by atoms with Crippen LogP contribution in [0.3, 0.4) is 0 Å². The summed E-state index contributed by atoms with van der Waals surface area (Å²) in [4.78, 5) is 16.0. The van der Waals surface area contributed by atoms with Crippen LogP contribution in [0.25, 0.3) is 0 Å². The quantitative estimate of drug-likeness (QED) is 0.448. The summed E-state index contributed by atoms with van der Waals surface area (Å²) in [5.41, 5.74) is 1.08. The highest BCUT2D eigenvalue weighted by Crippen LogP contribution is 2.26. The fourth-order valence-corrected chi connectivity index (χ4v) is 2.25. The van der Waals surface area contributed by atoms with E-state index < -0.39 is 0 Å². The van der Waals surface area contributed by atoms with Gasteiger partial charge in [0.25, 0.3) is 0 Å².